The Kier molecular flexibility index (Phi) is 4.90. The lowest BCUT2D eigenvalue weighted by Gasteiger charge is -2.31. The molecule has 4 heterocycles. The second-order valence-corrected chi connectivity index (χ2v) is 7.88. The number of hydrogen-bond acceptors (Lipinski definition) is 8. The third-order valence-electron chi connectivity index (χ3n) is 4.97. The molecule has 0 spiro atoms. The van der Waals surface area contributed by atoms with E-state index in [1.807, 2.05) is 6.07 Å². The van der Waals surface area contributed by atoms with E-state index in [0.29, 0.717) is 28.5 Å². The smallest absolute Gasteiger partial charge is 0.230 e. The number of ether oxygens (including phenoxy) is 1. The van der Waals surface area contributed by atoms with Gasteiger partial charge in [-0.2, -0.15) is 9.37 Å². The topological polar surface area (TPSA) is 66.4 Å². The Balaban J connectivity index is 1.38. The third-order valence-corrected chi connectivity index (χ3v) is 6.00. The van der Waals surface area contributed by atoms with Crippen molar-refractivity contribution >= 4 is 22.3 Å². The summed E-state index contributed by atoms with van der Waals surface area (Å²) in [7, 11) is 1.75. The maximum Gasteiger partial charge on any atom is 0.230 e. The number of hydrogen-bond donors (Lipinski definition) is 1. The Morgan fingerprint density at radius 1 is 1.38 bits per heavy atom. The SMILES string of the molecule is CNc1nc(F)c(CN2C[C@H](Oc3cc(N4CCC4)ncn3)C[C@@H]2C)s1. The van der Waals surface area contributed by atoms with Gasteiger partial charge < -0.3 is 15.0 Å². The van der Waals surface area contributed by atoms with Crippen LogP contribution in [-0.4, -0.2) is 58.7 Å². The van der Waals surface area contributed by atoms with Crippen molar-refractivity contribution in [2.45, 2.75) is 38.5 Å². The molecule has 2 aromatic heterocycles. The van der Waals surface area contributed by atoms with Crippen molar-refractivity contribution in [2.75, 3.05) is 36.9 Å². The molecular weight excluding hydrogens is 355 g/mol. The Hall–Kier alpha value is -2.00. The molecule has 2 aliphatic rings. The van der Waals surface area contributed by atoms with Crippen molar-refractivity contribution in [3.63, 3.8) is 0 Å². The Morgan fingerprint density at radius 3 is 2.92 bits per heavy atom. The number of anilines is 2. The van der Waals surface area contributed by atoms with Gasteiger partial charge in [-0.3, -0.25) is 4.90 Å². The van der Waals surface area contributed by atoms with Crippen LogP contribution in [-0.2, 0) is 6.54 Å². The minimum Gasteiger partial charge on any atom is -0.473 e. The van der Waals surface area contributed by atoms with Crippen LogP contribution in [0.25, 0.3) is 0 Å². The minimum absolute atomic E-state index is 0.0453. The van der Waals surface area contributed by atoms with Gasteiger partial charge in [-0.25, -0.2) is 9.97 Å². The van der Waals surface area contributed by atoms with Crippen LogP contribution in [0.2, 0.25) is 0 Å². The number of likely N-dealkylation sites (tertiary alicyclic amines) is 1. The molecule has 0 amide bonds. The fourth-order valence-corrected chi connectivity index (χ4v) is 4.18. The molecule has 2 atom stereocenters. The number of rotatable bonds is 6. The van der Waals surface area contributed by atoms with E-state index in [-0.39, 0.29) is 12.1 Å². The highest BCUT2D eigenvalue weighted by molar-refractivity contribution is 7.15. The van der Waals surface area contributed by atoms with Gasteiger partial charge in [0.25, 0.3) is 0 Å². The van der Waals surface area contributed by atoms with Crippen LogP contribution < -0.4 is 15.0 Å². The van der Waals surface area contributed by atoms with E-state index in [1.165, 1.54) is 17.8 Å². The highest BCUT2D eigenvalue weighted by Crippen LogP contribution is 2.29. The molecule has 1 N–H and O–H groups in total. The van der Waals surface area contributed by atoms with Crippen molar-refractivity contribution < 1.29 is 9.13 Å². The van der Waals surface area contributed by atoms with Gasteiger partial charge in [-0.15, -0.1) is 0 Å². The van der Waals surface area contributed by atoms with Gasteiger partial charge in [-0.1, -0.05) is 11.3 Å². The van der Waals surface area contributed by atoms with Crippen LogP contribution in [0, 0.1) is 5.95 Å². The summed E-state index contributed by atoms with van der Waals surface area (Å²) < 4.78 is 20.1. The van der Waals surface area contributed by atoms with E-state index in [4.69, 9.17) is 4.74 Å². The van der Waals surface area contributed by atoms with Crippen molar-refractivity contribution in [3.8, 4) is 5.88 Å². The first-order chi connectivity index (χ1) is 12.6. The zero-order valence-corrected chi connectivity index (χ0v) is 15.8. The van der Waals surface area contributed by atoms with E-state index < -0.39 is 0 Å². The van der Waals surface area contributed by atoms with Crippen LogP contribution in [0.5, 0.6) is 5.88 Å². The number of thiazole rings is 1. The lowest BCUT2D eigenvalue weighted by Crippen LogP contribution is -2.37. The fraction of sp³-hybridized carbons (Fsp3) is 0.588. The molecular formula is C17H23FN6OS. The molecule has 2 aromatic rings. The van der Waals surface area contributed by atoms with Crippen molar-refractivity contribution in [1.29, 1.82) is 0 Å². The van der Waals surface area contributed by atoms with Gasteiger partial charge in [0, 0.05) is 51.8 Å². The average molecular weight is 378 g/mol. The predicted molar refractivity (Wildman–Crippen MR) is 99.4 cm³/mol. The molecule has 7 nitrogen and oxygen atoms in total. The number of nitrogens with zero attached hydrogens (tertiary/aromatic N) is 5. The summed E-state index contributed by atoms with van der Waals surface area (Å²) >= 11 is 1.36. The molecule has 26 heavy (non-hydrogen) atoms. The maximum atomic E-state index is 14.0. The highest BCUT2D eigenvalue weighted by Gasteiger charge is 2.32. The summed E-state index contributed by atoms with van der Waals surface area (Å²) in [6.07, 6.45) is 3.70. The van der Waals surface area contributed by atoms with Crippen molar-refractivity contribution in [2.24, 2.45) is 0 Å². The minimum atomic E-state index is -0.383. The molecule has 2 saturated heterocycles. The fourth-order valence-electron chi connectivity index (χ4n) is 3.36. The lowest BCUT2D eigenvalue weighted by atomic mass is 10.2. The van der Waals surface area contributed by atoms with E-state index in [1.54, 1.807) is 13.4 Å². The Labute approximate surface area is 156 Å². The molecule has 0 aliphatic carbocycles. The van der Waals surface area contributed by atoms with E-state index in [2.05, 4.69) is 37.0 Å². The second kappa shape index (κ2) is 7.32. The largest absolute Gasteiger partial charge is 0.473 e. The predicted octanol–water partition coefficient (Wildman–Crippen LogP) is 2.37. The summed E-state index contributed by atoms with van der Waals surface area (Å²) in [5.74, 6) is 1.16. The van der Waals surface area contributed by atoms with Gasteiger partial charge in [-0.05, 0) is 13.3 Å². The summed E-state index contributed by atoms with van der Waals surface area (Å²) in [5.41, 5.74) is 0. The molecule has 0 radical (unpaired) electrons. The first kappa shape index (κ1) is 17.4. The maximum absolute atomic E-state index is 14.0. The average Bonchev–Trinajstić information content (AvgIpc) is 3.09. The van der Waals surface area contributed by atoms with Gasteiger partial charge in [0.1, 0.15) is 18.2 Å². The highest BCUT2D eigenvalue weighted by atomic mass is 32.1. The number of nitrogens with one attached hydrogen (secondary N) is 1. The molecule has 9 heteroatoms. The molecule has 0 unspecified atom stereocenters. The zero-order chi connectivity index (χ0) is 18.1. The summed E-state index contributed by atoms with van der Waals surface area (Å²) in [4.78, 5) is 17.6. The molecule has 2 fully saturated rings. The zero-order valence-electron chi connectivity index (χ0n) is 15.0. The molecule has 0 aromatic carbocycles. The standard InChI is InChI=1S/C17H23FN6OS/c1-11-6-12(8-24(11)9-13-16(18)22-17(19-2)26-13)25-15-7-14(20-10-21-15)23-4-3-5-23/h7,10-12H,3-6,8-9H2,1-2H3,(H,19,22)/t11-,12+/m0/s1. The normalized spacial score (nSPS) is 23.1. The first-order valence-electron chi connectivity index (χ1n) is 8.93. The lowest BCUT2D eigenvalue weighted by molar-refractivity contribution is 0.188. The van der Waals surface area contributed by atoms with Crippen LogP contribution in [0.4, 0.5) is 15.3 Å². The summed E-state index contributed by atoms with van der Waals surface area (Å²) in [6, 6.07) is 2.23. The summed E-state index contributed by atoms with van der Waals surface area (Å²) in [6.45, 7) is 5.53. The monoisotopic (exact) mass is 378 g/mol. The Bertz CT molecular complexity index is 767. The third kappa shape index (κ3) is 3.59. The van der Waals surface area contributed by atoms with Crippen molar-refractivity contribution in [3.05, 3.63) is 23.2 Å². The van der Waals surface area contributed by atoms with E-state index in [9.17, 15) is 4.39 Å². The van der Waals surface area contributed by atoms with Crippen molar-refractivity contribution in [1.82, 2.24) is 19.9 Å². The van der Waals surface area contributed by atoms with Gasteiger partial charge >= 0.3 is 0 Å². The van der Waals surface area contributed by atoms with Crippen LogP contribution in [0.1, 0.15) is 24.6 Å². The molecule has 0 saturated carbocycles. The van der Waals surface area contributed by atoms with Gasteiger partial charge in [0.05, 0.1) is 4.88 Å². The van der Waals surface area contributed by atoms with E-state index >= 15 is 0 Å². The number of aromatic nitrogens is 3. The second-order valence-electron chi connectivity index (χ2n) is 6.79. The van der Waals surface area contributed by atoms with Gasteiger partial charge in [0.15, 0.2) is 5.13 Å². The molecule has 140 valence electrons. The summed E-state index contributed by atoms with van der Waals surface area (Å²) in [5, 5.41) is 3.50. The van der Waals surface area contributed by atoms with Crippen LogP contribution in [0.3, 0.4) is 0 Å². The van der Waals surface area contributed by atoms with Gasteiger partial charge in [0.2, 0.25) is 11.8 Å². The van der Waals surface area contributed by atoms with Crippen LogP contribution >= 0.6 is 11.3 Å². The molecule has 4 rings (SSSR count). The quantitative estimate of drug-likeness (QED) is 0.828. The molecule has 2 aliphatic heterocycles. The first-order valence-corrected chi connectivity index (χ1v) is 9.74. The molecule has 0 bridgehead atoms. The van der Waals surface area contributed by atoms with E-state index in [0.717, 1.165) is 31.9 Å². The Morgan fingerprint density at radius 2 is 2.23 bits per heavy atom. The number of halogens is 1. The van der Waals surface area contributed by atoms with Crippen LogP contribution in [0.15, 0.2) is 12.4 Å².